The summed E-state index contributed by atoms with van der Waals surface area (Å²) >= 11 is 0. The molecule has 1 rings (SSSR count). The number of carbonyl (C=O) groups excluding carboxylic acids is 2. The van der Waals surface area contributed by atoms with Gasteiger partial charge in [0, 0.05) is 6.42 Å². The lowest BCUT2D eigenvalue weighted by Gasteiger charge is -2.41. The van der Waals surface area contributed by atoms with Crippen molar-refractivity contribution in [3.8, 4) is 0 Å². The van der Waals surface area contributed by atoms with Crippen LogP contribution in [0, 0.1) is 0 Å². The summed E-state index contributed by atoms with van der Waals surface area (Å²) in [6.07, 6.45) is 60.8. The maximum Gasteiger partial charge on any atom is 0.306 e. The van der Waals surface area contributed by atoms with Crippen LogP contribution in [0.2, 0.25) is 0 Å². The number of carbonyl (C=O) groups is 2. The smallest absolute Gasteiger partial charge is 0.306 e. The lowest BCUT2D eigenvalue weighted by Crippen LogP contribution is -2.61. The number of ether oxygens (including phenoxy) is 3. The molecule has 0 aromatic carbocycles. The third kappa shape index (κ3) is 43.5. The Labute approximate surface area is 483 Å². The minimum absolute atomic E-state index is 0.117. The fourth-order valence-corrected chi connectivity index (χ4v) is 9.86. The molecule has 8 atom stereocenters. The van der Waals surface area contributed by atoms with E-state index in [1.807, 2.05) is 6.08 Å². The average molecular weight is 1110 g/mol. The molecule has 8 unspecified atom stereocenters. The first kappa shape index (κ1) is 74.1. The number of aliphatic hydroxyl groups is 5. The van der Waals surface area contributed by atoms with Crippen LogP contribution in [0.4, 0.5) is 0 Å². The van der Waals surface area contributed by atoms with Crippen molar-refractivity contribution in [2.45, 2.75) is 333 Å². The molecule has 1 saturated heterocycles. The molecule has 1 fully saturated rings. The van der Waals surface area contributed by atoms with Crippen molar-refractivity contribution in [2.75, 3.05) is 13.2 Å². The molecular weight excluding hydrogens is 991 g/mol. The fourth-order valence-electron chi connectivity index (χ4n) is 9.86. The largest absolute Gasteiger partial charge is 0.454 e. The number of amides is 1. The van der Waals surface area contributed by atoms with Crippen LogP contribution < -0.4 is 5.32 Å². The Morgan fingerprint density at radius 3 is 1.34 bits per heavy atom. The van der Waals surface area contributed by atoms with E-state index in [-0.39, 0.29) is 19.4 Å². The van der Waals surface area contributed by atoms with Gasteiger partial charge in [0.25, 0.3) is 0 Å². The van der Waals surface area contributed by atoms with E-state index in [0.717, 1.165) is 83.5 Å². The lowest BCUT2D eigenvalue weighted by molar-refractivity contribution is -0.305. The quantitative estimate of drug-likeness (QED) is 0.0195. The second kappa shape index (κ2) is 55.6. The van der Waals surface area contributed by atoms with E-state index < -0.39 is 67.4 Å². The monoisotopic (exact) mass is 1110 g/mol. The minimum atomic E-state index is -1.62. The highest BCUT2D eigenvalue weighted by Crippen LogP contribution is 2.26. The van der Waals surface area contributed by atoms with Crippen molar-refractivity contribution >= 4 is 11.9 Å². The summed E-state index contributed by atoms with van der Waals surface area (Å²) < 4.78 is 17.6. The molecule has 1 heterocycles. The first-order valence-corrected chi connectivity index (χ1v) is 32.7. The van der Waals surface area contributed by atoms with Gasteiger partial charge in [-0.2, -0.15) is 0 Å². The van der Waals surface area contributed by atoms with Gasteiger partial charge in [-0.3, -0.25) is 9.59 Å². The Morgan fingerprint density at radius 1 is 0.494 bits per heavy atom. The first-order valence-electron chi connectivity index (χ1n) is 32.7. The van der Waals surface area contributed by atoms with Crippen LogP contribution in [0.3, 0.4) is 0 Å². The first-order chi connectivity index (χ1) is 38.7. The van der Waals surface area contributed by atoms with E-state index in [2.05, 4.69) is 86.8 Å². The number of rotatable bonds is 55. The Balaban J connectivity index is 2.65. The highest BCUT2D eigenvalue weighted by molar-refractivity contribution is 5.80. The molecule has 1 aliphatic rings. The van der Waals surface area contributed by atoms with Crippen molar-refractivity contribution in [2.24, 2.45) is 0 Å². The molecule has 0 spiro atoms. The molecular formula is C68H121NO10. The van der Waals surface area contributed by atoms with E-state index in [0.29, 0.717) is 12.8 Å². The van der Waals surface area contributed by atoms with Crippen LogP contribution in [0.25, 0.3) is 0 Å². The van der Waals surface area contributed by atoms with Crippen molar-refractivity contribution in [1.29, 1.82) is 0 Å². The number of unbranched alkanes of at least 4 members (excludes halogenated alkanes) is 31. The molecule has 0 aromatic rings. The summed E-state index contributed by atoms with van der Waals surface area (Å²) in [5.74, 6) is -1.21. The van der Waals surface area contributed by atoms with Gasteiger partial charge in [-0.1, -0.05) is 254 Å². The predicted molar refractivity (Wildman–Crippen MR) is 329 cm³/mol. The van der Waals surface area contributed by atoms with Gasteiger partial charge >= 0.3 is 5.97 Å². The van der Waals surface area contributed by atoms with Crippen molar-refractivity contribution in [3.05, 3.63) is 72.9 Å². The van der Waals surface area contributed by atoms with Crippen molar-refractivity contribution in [1.82, 2.24) is 5.32 Å². The normalized spacial score (nSPS) is 19.3. The van der Waals surface area contributed by atoms with Crippen LogP contribution in [-0.4, -0.2) is 99.6 Å². The van der Waals surface area contributed by atoms with Gasteiger partial charge in [0.05, 0.1) is 25.4 Å². The summed E-state index contributed by atoms with van der Waals surface area (Å²) in [7, 11) is 0. The zero-order valence-corrected chi connectivity index (χ0v) is 50.7. The third-order valence-corrected chi connectivity index (χ3v) is 15.1. The highest BCUT2D eigenvalue weighted by Gasteiger charge is 2.47. The molecule has 0 radical (unpaired) electrons. The summed E-state index contributed by atoms with van der Waals surface area (Å²) in [6.45, 7) is 5.75. The molecule has 0 aliphatic carbocycles. The van der Waals surface area contributed by atoms with Gasteiger partial charge in [-0.15, -0.1) is 0 Å². The molecule has 0 bridgehead atoms. The number of aliphatic hydroxyl groups excluding tert-OH is 5. The van der Waals surface area contributed by atoms with Crippen LogP contribution in [0.1, 0.15) is 284 Å². The predicted octanol–water partition coefficient (Wildman–Crippen LogP) is 16.0. The van der Waals surface area contributed by atoms with Gasteiger partial charge in [0.2, 0.25) is 5.91 Å². The number of allylic oxidation sites excluding steroid dienone is 11. The van der Waals surface area contributed by atoms with Crippen molar-refractivity contribution < 1.29 is 49.3 Å². The summed E-state index contributed by atoms with van der Waals surface area (Å²) in [6, 6.07) is -1.04. The van der Waals surface area contributed by atoms with Gasteiger partial charge in [0.15, 0.2) is 12.4 Å². The zero-order chi connectivity index (χ0) is 57.5. The molecule has 458 valence electrons. The van der Waals surface area contributed by atoms with Crippen molar-refractivity contribution in [3.63, 3.8) is 0 Å². The molecule has 79 heavy (non-hydrogen) atoms. The minimum Gasteiger partial charge on any atom is -0.454 e. The number of hydrogen-bond acceptors (Lipinski definition) is 10. The second-order valence-corrected chi connectivity index (χ2v) is 22.5. The Morgan fingerprint density at radius 2 is 0.873 bits per heavy atom. The summed E-state index contributed by atoms with van der Waals surface area (Å²) in [5, 5.41) is 57.0. The number of hydrogen-bond donors (Lipinski definition) is 6. The highest BCUT2D eigenvalue weighted by atomic mass is 16.7. The maximum atomic E-state index is 13.4. The van der Waals surface area contributed by atoms with Gasteiger partial charge in [-0.25, -0.2) is 0 Å². The molecule has 6 N–H and O–H groups in total. The summed E-state index contributed by atoms with van der Waals surface area (Å²) in [4.78, 5) is 26.6. The van der Waals surface area contributed by atoms with Gasteiger partial charge < -0.3 is 45.1 Å². The molecule has 11 nitrogen and oxygen atoms in total. The third-order valence-electron chi connectivity index (χ3n) is 15.1. The van der Waals surface area contributed by atoms with E-state index in [1.54, 1.807) is 6.08 Å². The Hall–Kier alpha value is -2.90. The van der Waals surface area contributed by atoms with E-state index in [4.69, 9.17) is 14.2 Å². The topological polar surface area (TPSA) is 175 Å². The SMILES string of the molecule is CCCCC/C=C\C/C=C\C/C=C\C/C=C\CCCCCCC(O)C(=O)NC(COC1OC(CO)C(O)C(O)C1OC(=O)CCCCCCCCCCC/C=C/CCCCCCCC)C(O)/C=C/CCCCCCCCCCC. The summed E-state index contributed by atoms with van der Waals surface area (Å²) in [5.41, 5.74) is 0. The maximum absolute atomic E-state index is 13.4. The second-order valence-electron chi connectivity index (χ2n) is 22.5. The average Bonchev–Trinajstić information content (AvgIpc) is 3.45. The molecule has 0 saturated carbocycles. The van der Waals surface area contributed by atoms with Crippen LogP contribution in [0.5, 0.6) is 0 Å². The van der Waals surface area contributed by atoms with Gasteiger partial charge in [0.1, 0.15) is 24.4 Å². The van der Waals surface area contributed by atoms with Crippen LogP contribution in [-0.2, 0) is 23.8 Å². The number of nitrogens with one attached hydrogen (secondary N) is 1. The van der Waals surface area contributed by atoms with Crippen LogP contribution in [0.15, 0.2) is 72.9 Å². The number of esters is 1. The molecule has 11 heteroatoms. The molecule has 1 aliphatic heterocycles. The standard InChI is InChI=1S/C68H121NO10/c1-4-7-10-13-16-19-22-24-26-28-30-32-33-35-37-40-43-46-49-52-55-61(72)67(76)69-59(60(71)54-51-48-45-42-39-21-18-15-12-9-6-3)58-77-68-66(65(75)64(74)62(57-70)78-68)79-63(73)56-53-50-47-44-41-38-36-34-31-29-27-25-23-20-17-14-11-8-5-2/h16,19,24-27,30,32,35,37,51,54,59-62,64-66,68,70-72,74-75H,4-15,17-18,20-23,28-29,31,33-34,36,38-50,52-53,55-58H2,1-3H3,(H,69,76)/b19-16-,26-24-,27-25+,32-30-,37-35-,54-51+. The van der Waals surface area contributed by atoms with Gasteiger partial charge in [-0.05, 0) is 96.3 Å². The fraction of sp³-hybridized carbons (Fsp3) is 0.794. The lowest BCUT2D eigenvalue weighted by atomic mass is 9.99. The van der Waals surface area contributed by atoms with E-state index in [1.165, 1.54) is 154 Å². The zero-order valence-electron chi connectivity index (χ0n) is 50.7. The van der Waals surface area contributed by atoms with E-state index >= 15 is 0 Å². The van der Waals surface area contributed by atoms with Crippen LogP contribution >= 0.6 is 0 Å². The molecule has 0 aromatic heterocycles. The van der Waals surface area contributed by atoms with E-state index in [9.17, 15) is 35.1 Å². The Kier molecular flexibility index (Phi) is 52.2. The molecule has 1 amide bonds. The Bertz CT molecular complexity index is 1560.